The van der Waals surface area contributed by atoms with Gasteiger partial charge in [-0.15, -0.1) is 0 Å². The molecule has 0 aromatic carbocycles. The van der Waals surface area contributed by atoms with Crippen LogP contribution in [0, 0.1) is 11.8 Å². The highest BCUT2D eigenvalue weighted by atomic mass is 16.2. The zero-order chi connectivity index (χ0) is 10.6. The molecule has 1 aliphatic heterocycles. The van der Waals surface area contributed by atoms with Gasteiger partial charge in [0.25, 0.3) is 0 Å². The van der Waals surface area contributed by atoms with Gasteiger partial charge in [-0.3, -0.25) is 4.79 Å². The molecule has 0 aromatic rings. The predicted molar refractivity (Wildman–Crippen MR) is 57.8 cm³/mol. The molecule has 3 nitrogen and oxygen atoms in total. The number of likely N-dealkylation sites (tertiary alicyclic amines) is 1. The predicted octanol–water partition coefficient (Wildman–Crippen LogP) is 1.23. The fourth-order valence-corrected chi connectivity index (χ4v) is 1.97. The summed E-state index contributed by atoms with van der Waals surface area (Å²) >= 11 is 0. The van der Waals surface area contributed by atoms with Crippen molar-refractivity contribution in [3.63, 3.8) is 0 Å². The molecule has 1 heterocycles. The van der Waals surface area contributed by atoms with E-state index >= 15 is 0 Å². The van der Waals surface area contributed by atoms with E-state index in [-0.39, 0.29) is 0 Å². The Hall–Kier alpha value is -0.570. The Kier molecular flexibility index (Phi) is 4.39. The lowest BCUT2D eigenvalue weighted by Gasteiger charge is -2.17. The molecule has 1 atom stereocenters. The van der Waals surface area contributed by atoms with Gasteiger partial charge in [-0.25, -0.2) is 0 Å². The zero-order valence-electron chi connectivity index (χ0n) is 9.33. The van der Waals surface area contributed by atoms with E-state index in [1.807, 2.05) is 4.90 Å². The van der Waals surface area contributed by atoms with Crippen molar-refractivity contribution in [2.75, 3.05) is 19.6 Å². The minimum atomic E-state index is 0.290. The van der Waals surface area contributed by atoms with Crippen LogP contribution in [0.5, 0.6) is 0 Å². The van der Waals surface area contributed by atoms with Crippen molar-refractivity contribution in [1.82, 2.24) is 4.90 Å². The molecule has 3 heteroatoms. The van der Waals surface area contributed by atoms with Crippen molar-refractivity contribution >= 4 is 5.91 Å². The maximum absolute atomic E-state index is 11.6. The second-order valence-electron chi connectivity index (χ2n) is 4.52. The van der Waals surface area contributed by atoms with E-state index in [0.717, 1.165) is 19.5 Å². The topological polar surface area (TPSA) is 46.3 Å². The molecular formula is C11H22N2O. The number of carbonyl (C=O) groups is 1. The number of rotatable bonds is 4. The fraction of sp³-hybridized carbons (Fsp3) is 0.909. The molecule has 1 amide bonds. The quantitative estimate of drug-likeness (QED) is 0.738. The van der Waals surface area contributed by atoms with Gasteiger partial charge in [0.2, 0.25) is 5.91 Å². The van der Waals surface area contributed by atoms with Gasteiger partial charge in [0.1, 0.15) is 0 Å². The van der Waals surface area contributed by atoms with Crippen molar-refractivity contribution in [2.45, 2.75) is 33.1 Å². The second kappa shape index (κ2) is 5.35. The van der Waals surface area contributed by atoms with Crippen molar-refractivity contribution < 1.29 is 4.79 Å². The molecule has 0 spiro atoms. The molecule has 82 valence electrons. The van der Waals surface area contributed by atoms with E-state index in [1.54, 1.807) is 0 Å². The molecule has 0 bridgehead atoms. The highest BCUT2D eigenvalue weighted by Gasteiger charge is 2.27. The van der Waals surface area contributed by atoms with Crippen LogP contribution in [-0.4, -0.2) is 30.4 Å². The Morgan fingerprint density at radius 2 is 2.29 bits per heavy atom. The maximum atomic E-state index is 11.6. The van der Waals surface area contributed by atoms with Gasteiger partial charge < -0.3 is 10.6 Å². The molecule has 1 unspecified atom stereocenters. The summed E-state index contributed by atoms with van der Waals surface area (Å²) in [6.07, 6.45) is 2.62. The van der Waals surface area contributed by atoms with Gasteiger partial charge in [-0.1, -0.05) is 13.8 Å². The molecule has 0 radical (unpaired) electrons. The summed E-state index contributed by atoms with van der Waals surface area (Å²) in [4.78, 5) is 13.6. The largest absolute Gasteiger partial charge is 0.342 e. The Bertz CT molecular complexity index is 192. The minimum Gasteiger partial charge on any atom is -0.342 e. The van der Waals surface area contributed by atoms with Gasteiger partial charge in [0.05, 0.1) is 0 Å². The monoisotopic (exact) mass is 198 g/mol. The lowest BCUT2D eigenvalue weighted by atomic mass is 9.95. The molecule has 0 saturated carbocycles. The summed E-state index contributed by atoms with van der Waals surface area (Å²) in [7, 11) is 0. The Labute approximate surface area is 86.6 Å². The van der Waals surface area contributed by atoms with Crippen LogP contribution in [0.15, 0.2) is 0 Å². The van der Waals surface area contributed by atoms with Crippen molar-refractivity contribution in [3.05, 3.63) is 0 Å². The average Bonchev–Trinajstić information content (AvgIpc) is 2.62. The van der Waals surface area contributed by atoms with E-state index < -0.39 is 0 Å². The fourth-order valence-electron chi connectivity index (χ4n) is 1.97. The summed E-state index contributed by atoms with van der Waals surface area (Å²) in [5, 5.41) is 0. The van der Waals surface area contributed by atoms with Gasteiger partial charge in [-0.05, 0) is 31.2 Å². The van der Waals surface area contributed by atoms with Gasteiger partial charge in [-0.2, -0.15) is 0 Å². The van der Waals surface area contributed by atoms with Crippen LogP contribution in [0.4, 0.5) is 0 Å². The SMILES string of the molecule is CC(C)C1CCN(C(=O)CCCN)C1. The summed E-state index contributed by atoms with van der Waals surface area (Å²) in [6.45, 7) is 7.00. The third-order valence-corrected chi connectivity index (χ3v) is 3.11. The van der Waals surface area contributed by atoms with Crippen LogP contribution in [0.2, 0.25) is 0 Å². The van der Waals surface area contributed by atoms with Gasteiger partial charge in [0, 0.05) is 19.5 Å². The second-order valence-corrected chi connectivity index (χ2v) is 4.52. The Morgan fingerprint density at radius 3 is 2.79 bits per heavy atom. The highest BCUT2D eigenvalue weighted by molar-refractivity contribution is 5.76. The summed E-state index contributed by atoms with van der Waals surface area (Å²) < 4.78 is 0. The summed E-state index contributed by atoms with van der Waals surface area (Å²) in [5.41, 5.74) is 5.38. The van der Waals surface area contributed by atoms with Crippen LogP contribution >= 0.6 is 0 Å². The number of amides is 1. The van der Waals surface area contributed by atoms with Crippen LogP contribution in [0.1, 0.15) is 33.1 Å². The number of carbonyl (C=O) groups excluding carboxylic acids is 1. The number of nitrogens with two attached hydrogens (primary N) is 1. The number of hydrogen-bond acceptors (Lipinski definition) is 2. The molecule has 0 aromatic heterocycles. The summed E-state index contributed by atoms with van der Waals surface area (Å²) in [6, 6.07) is 0. The molecule has 0 aliphatic carbocycles. The van der Waals surface area contributed by atoms with Crippen molar-refractivity contribution in [3.8, 4) is 0 Å². The Balaban J connectivity index is 2.30. The van der Waals surface area contributed by atoms with Crippen molar-refractivity contribution in [1.29, 1.82) is 0 Å². The molecule has 1 saturated heterocycles. The molecule has 2 N–H and O–H groups in total. The van der Waals surface area contributed by atoms with Crippen LogP contribution in [0.25, 0.3) is 0 Å². The van der Waals surface area contributed by atoms with Crippen molar-refractivity contribution in [2.24, 2.45) is 17.6 Å². The first-order chi connectivity index (χ1) is 6.65. The molecular weight excluding hydrogens is 176 g/mol. The Morgan fingerprint density at radius 1 is 1.57 bits per heavy atom. The van der Waals surface area contributed by atoms with E-state index in [1.165, 1.54) is 6.42 Å². The first kappa shape index (κ1) is 11.5. The zero-order valence-corrected chi connectivity index (χ0v) is 9.33. The first-order valence-corrected chi connectivity index (χ1v) is 5.63. The number of hydrogen-bond donors (Lipinski definition) is 1. The first-order valence-electron chi connectivity index (χ1n) is 5.63. The molecule has 1 aliphatic rings. The molecule has 14 heavy (non-hydrogen) atoms. The maximum Gasteiger partial charge on any atom is 0.222 e. The normalized spacial score (nSPS) is 22.0. The van der Waals surface area contributed by atoms with E-state index in [0.29, 0.717) is 30.7 Å². The summed E-state index contributed by atoms with van der Waals surface area (Å²) in [5.74, 6) is 1.69. The third-order valence-electron chi connectivity index (χ3n) is 3.11. The minimum absolute atomic E-state index is 0.290. The highest BCUT2D eigenvalue weighted by Crippen LogP contribution is 2.23. The van der Waals surface area contributed by atoms with E-state index in [9.17, 15) is 4.79 Å². The smallest absolute Gasteiger partial charge is 0.222 e. The van der Waals surface area contributed by atoms with Gasteiger partial charge in [0.15, 0.2) is 0 Å². The van der Waals surface area contributed by atoms with E-state index in [4.69, 9.17) is 5.73 Å². The third kappa shape index (κ3) is 2.98. The lowest BCUT2D eigenvalue weighted by molar-refractivity contribution is -0.130. The standard InChI is InChI=1S/C11H22N2O/c1-9(2)10-5-7-13(8-10)11(14)4-3-6-12/h9-10H,3-8,12H2,1-2H3. The van der Waals surface area contributed by atoms with Gasteiger partial charge >= 0.3 is 0 Å². The average molecular weight is 198 g/mol. The van der Waals surface area contributed by atoms with E-state index in [2.05, 4.69) is 13.8 Å². The van der Waals surface area contributed by atoms with Crippen LogP contribution < -0.4 is 5.73 Å². The lowest BCUT2D eigenvalue weighted by Crippen LogP contribution is -2.29. The molecule has 1 rings (SSSR count). The molecule has 1 fully saturated rings. The van der Waals surface area contributed by atoms with Crippen LogP contribution in [-0.2, 0) is 4.79 Å². The van der Waals surface area contributed by atoms with Crippen LogP contribution in [0.3, 0.4) is 0 Å². The number of nitrogens with zero attached hydrogens (tertiary/aromatic N) is 1.